The Bertz CT molecular complexity index is 422. The molecule has 1 fully saturated rings. The van der Waals surface area contributed by atoms with Gasteiger partial charge in [0.15, 0.2) is 5.82 Å². The van der Waals surface area contributed by atoms with E-state index in [1.807, 2.05) is 4.90 Å². The molecule has 17 heavy (non-hydrogen) atoms. The molecule has 1 aromatic rings. The van der Waals surface area contributed by atoms with Gasteiger partial charge in [-0.1, -0.05) is 6.92 Å². The van der Waals surface area contributed by atoms with E-state index in [0.29, 0.717) is 17.3 Å². The molecule has 92 valence electrons. The van der Waals surface area contributed by atoms with Gasteiger partial charge < -0.3 is 15.7 Å². The second-order valence-corrected chi connectivity index (χ2v) is 4.39. The minimum absolute atomic E-state index is 0.0221. The smallest absolute Gasteiger partial charge is 0.162 e. The van der Waals surface area contributed by atoms with Gasteiger partial charge in [-0.2, -0.15) is 5.10 Å². The molecule has 1 aliphatic rings. The van der Waals surface area contributed by atoms with E-state index in [4.69, 9.17) is 11.1 Å². The zero-order valence-corrected chi connectivity index (χ0v) is 9.80. The van der Waals surface area contributed by atoms with Crippen LogP contribution in [0.1, 0.15) is 18.9 Å². The third-order valence-electron chi connectivity index (χ3n) is 3.33. The minimum atomic E-state index is -0.0221. The Hall–Kier alpha value is -1.69. The average Bonchev–Trinajstić information content (AvgIpc) is 2.70. The lowest BCUT2D eigenvalue weighted by atomic mass is 10.0. The first-order valence-corrected chi connectivity index (χ1v) is 5.68. The summed E-state index contributed by atoms with van der Waals surface area (Å²) in [5.41, 5.74) is 6.11. The number of aromatic nitrogens is 2. The van der Waals surface area contributed by atoms with Crippen LogP contribution in [0.4, 0.5) is 5.82 Å². The van der Waals surface area contributed by atoms with E-state index >= 15 is 0 Å². The summed E-state index contributed by atoms with van der Waals surface area (Å²) in [7, 11) is 0. The second-order valence-electron chi connectivity index (χ2n) is 4.39. The molecule has 6 nitrogen and oxygen atoms in total. The van der Waals surface area contributed by atoms with Crippen molar-refractivity contribution in [1.29, 1.82) is 5.41 Å². The van der Waals surface area contributed by atoms with Crippen molar-refractivity contribution >= 4 is 11.7 Å². The largest absolute Gasteiger partial charge is 0.394 e. The van der Waals surface area contributed by atoms with Gasteiger partial charge in [0.25, 0.3) is 0 Å². The number of anilines is 1. The number of hydrogen-bond acceptors (Lipinski definition) is 5. The summed E-state index contributed by atoms with van der Waals surface area (Å²) < 4.78 is 0. The Morgan fingerprint density at radius 2 is 2.47 bits per heavy atom. The Labute approximate surface area is 100.0 Å². The van der Waals surface area contributed by atoms with Gasteiger partial charge in [-0.05, 0) is 18.4 Å². The molecule has 2 rings (SSSR count). The van der Waals surface area contributed by atoms with Crippen molar-refractivity contribution in [3.05, 3.63) is 17.8 Å². The Morgan fingerprint density at radius 3 is 3.12 bits per heavy atom. The lowest BCUT2D eigenvalue weighted by molar-refractivity contribution is 0.244. The molecule has 1 aromatic heterocycles. The van der Waals surface area contributed by atoms with Gasteiger partial charge in [0.2, 0.25) is 0 Å². The zero-order chi connectivity index (χ0) is 12.4. The maximum atomic E-state index is 9.42. The van der Waals surface area contributed by atoms with Crippen molar-refractivity contribution in [2.24, 2.45) is 11.7 Å². The van der Waals surface area contributed by atoms with E-state index in [2.05, 4.69) is 17.1 Å². The van der Waals surface area contributed by atoms with E-state index in [1.54, 1.807) is 6.07 Å². The molecular formula is C11H17N5O. The Morgan fingerprint density at radius 1 is 1.71 bits per heavy atom. The number of aliphatic hydroxyl groups excluding tert-OH is 1. The van der Waals surface area contributed by atoms with Crippen LogP contribution in [0.15, 0.2) is 12.3 Å². The summed E-state index contributed by atoms with van der Waals surface area (Å²) >= 11 is 0. The van der Waals surface area contributed by atoms with Gasteiger partial charge in [0, 0.05) is 6.54 Å². The predicted octanol–water partition coefficient (Wildman–Crippen LogP) is -0.0322. The first-order chi connectivity index (χ1) is 8.15. The van der Waals surface area contributed by atoms with Gasteiger partial charge in [0.1, 0.15) is 5.84 Å². The van der Waals surface area contributed by atoms with Crippen molar-refractivity contribution in [2.75, 3.05) is 18.1 Å². The summed E-state index contributed by atoms with van der Waals surface area (Å²) in [5.74, 6) is 0.983. The molecule has 0 saturated carbocycles. The van der Waals surface area contributed by atoms with Gasteiger partial charge in [-0.3, -0.25) is 5.41 Å². The number of nitrogens with zero attached hydrogens (tertiary/aromatic N) is 3. The van der Waals surface area contributed by atoms with Crippen molar-refractivity contribution in [3.63, 3.8) is 0 Å². The number of aliphatic hydroxyl groups is 1. The highest BCUT2D eigenvalue weighted by atomic mass is 16.3. The molecule has 2 atom stereocenters. The zero-order valence-electron chi connectivity index (χ0n) is 9.80. The molecule has 2 heterocycles. The van der Waals surface area contributed by atoms with Gasteiger partial charge in [-0.15, -0.1) is 5.10 Å². The van der Waals surface area contributed by atoms with E-state index < -0.39 is 0 Å². The van der Waals surface area contributed by atoms with Crippen LogP contribution in [-0.4, -0.2) is 40.3 Å². The maximum absolute atomic E-state index is 9.42. The molecule has 1 saturated heterocycles. The third kappa shape index (κ3) is 2.08. The molecule has 0 bridgehead atoms. The fourth-order valence-corrected chi connectivity index (χ4v) is 2.30. The number of rotatable bonds is 3. The highest BCUT2D eigenvalue weighted by Gasteiger charge is 2.33. The van der Waals surface area contributed by atoms with Crippen LogP contribution in [0.3, 0.4) is 0 Å². The standard InChI is InChI=1S/C11H17N5O/c1-7-3-5-16(9(7)6-17)11-8(10(12)13)2-4-14-15-11/h2,4,7,9,17H,3,5-6H2,1H3,(H3,12,13). The van der Waals surface area contributed by atoms with Crippen molar-refractivity contribution in [3.8, 4) is 0 Å². The molecule has 0 aliphatic carbocycles. The fraction of sp³-hybridized carbons (Fsp3) is 0.545. The predicted molar refractivity (Wildman–Crippen MR) is 65.0 cm³/mol. The van der Waals surface area contributed by atoms with Crippen LogP contribution in [0.25, 0.3) is 0 Å². The summed E-state index contributed by atoms with van der Waals surface area (Å²) in [4.78, 5) is 1.99. The summed E-state index contributed by atoms with van der Waals surface area (Å²) in [6.45, 7) is 2.99. The first-order valence-electron chi connectivity index (χ1n) is 5.68. The van der Waals surface area contributed by atoms with Crippen molar-refractivity contribution in [2.45, 2.75) is 19.4 Å². The molecule has 0 radical (unpaired) electrons. The van der Waals surface area contributed by atoms with Crippen molar-refractivity contribution in [1.82, 2.24) is 10.2 Å². The van der Waals surface area contributed by atoms with Crippen LogP contribution >= 0.6 is 0 Å². The van der Waals surface area contributed by atoms with Crippen LogP contribution < -0.4 is 10.6 Å². The molecule has 0 amide bonds. The second kappa shape index (κ2) is 4.67. The molecule has 1 aliphatic heterocycles. The topological polar surface area (TPSA) is 99.1 Å². The Balaban J connectivity index is 2.37. The minimum Gasteiger partial charge on any atom is -0.394 e. The normalized spacial score (nSPS) is 24.0. The quantitative estimate of drug-likeness (QED) is 0.504. The third-order valence-corrected chi connectivity index (χ3v) is 3.33. The lowest BCUT2D eigenvalue weighted by Crippen LogP contribution is -2.37. The Kier molecular flexibility index (Phi) is 3.23. The number of nitrogen functional groups attached to an aromatic ring is 1. The maximum Gasteiger partial charge on any atom is 0.162 e. The van der Waals surface area contributed by atoms with Crippen LogP contribution in [-0.2, 0) is 0 Å². The first kappa shape index (κ1) is 11.8. The van der Waals surface area contributed by atoms with E-state index in [0.717, 1.165) is 13.0 Å². The molecular weight excluding hydrogens is 218 g/mol. The number of amidine groups is 1. The fourth-order valence-electron chi connectivity index (χ4n) is 2.30. The highest BCUT2D eigenvalue weighted by Crippen LogP contribution is 2.29. The van der Waals surface area contributed by atoms with Gasteiger partial charge in [-0.25, -0.2) is 0 Å². The molecule has 2 unspecified atom stereocenters. The molecule has 0 spiro atoms. The number of hydrogen-bond donors (Lipinski definition) is 3. The number of nitrogens with one attached hydrogen (secondary N) is 1. The van der Waals surface area contributed by atoms with Gasteiger partial charge in [0.05, 0.1) is 24.4 Å². The van der Waals surface area contributed by atoms with E-state index in [1.165, 1.54) is 6.20 Å². The van der Waals surface area contributed by atoms with Crippen LogP contribution in [0, 0.1) is 11.3 Å². The summed E-state index contributed by atoms with van der Waals surface area (Å²) in [6.07, 6.45) is 2.52. The summed E-state index contributed by atoms with van der Waals surface area (Å²) in [5, 5.41) is 24.9. The SMILES string of the molecule is CC1CCN(c2nnccc2C(=N)N)C1CO. The molecule has 4 N–H and O–H groups in total. The van der Waals surface area contributed by atoms with Crippen LogP contribution in [0.2, 0.25) is 0 Å². The average molecular weight is 235 g/mol. The molecule has 0 aromatic carbocycles. The van der Waals surface area contributed by atoms with E-state index in [-0.39, 0.29) is 18.5 Å². The number of nitrogens with two attached hydrogens (primary N) is 1. The van der Waals surface area contributed by atoms with E-state index in [9.17, 15) is 5.11 Å². The van der Waals surface area contributed by atoms with Crippen LogP contribution in [0.5, 0.6) is 0 Å². The summed E-state index contributed by atoms with van der Waals surface area (Å²) in [6, 6.07) is 1.71. The lowest BCUT2D eigenvalue weighted by Gasteiger charge is -2.27. The molecule has 6 heteroatoms. The monoisotopic (exact) mass is 235 g/mol. The van der Waals surface area contributed by atoms with Crippen molar-refractivity contribution < 1.29 is 5.11 Å². The van der Waals surface area contributed by atoms with Gasteiger partial charge >= 0.3 is 0 Å². The highest BCUT2D eigenvalue weighted by molar-refractivity contribution is 5.99.